The number of halogens is 6. The van der Waals surface area contributed by atoms with Gasteiger partial charge in [-0.3, -0.25) is 14.3 Å². The van der Waals surface area contributed by atoms with Gasteiger partial charge in [-0.2, -0.15) is 13.2 Å². The van der Waals surface area contributed by atoms with Gasteiger partial charge in [0.2, 0.25) is 5.88 Å². The van der Waals surface area contributed by atoms with Gasteiger partial charge in [0.25, 0.3) is 12.0 Å². The highest BCUT2D eigenvalue weighted by Gasteiger charge is 2.39. The predicted octanol–water partition coefficient (Wildman–Crippen LogP) is 5.99. The Morgan fingerprint density at radius 1 is 1.24 bits per heavy atom. The minimum absolute atomic E-state index is 0.105. The number of fused-ring (bicyclic) bond motifs is 1. The predicted molar refractivity (Wildman–Crippen MR) is 133 cm³/mol. The molecule has 0 saturated heterocycles. The number of aromatic amines is 1. The van der Waals surface area contributed by atoms with Crippen LogP contribution in [0.3, 0.4) is 0 Å². The zero-order chi connectivity index (χ0) is 27.9. The Balaban J connectivity index is 1.81. The second-order valence-corrected chi connectivity index (χ2v) is 9.70. The summed E-state index contributed by atoms with van der Waals surface area (Å²) in [4.78, 5) is 30.8. The molecule has 0 amide bonds. The summed E-state index contributed by atoms with van der Waals surface area (Å²) in [5, 5.41) is 9.88. The van der Waals surface area contributed by atoms with Gasteiger partial charge in [-0.15, -0.1) is 11.3 Å². The maximum absolute atomic E-state index is 14.0. The lowest BCUT2D eigenvalue weighted by Crippen LogP contribution is -2.38. The third-order valence-electron chi connectivity index (χ3n) is 5.79. The zero-order valence-electron chi connectivity index (χ0n) is 19.7. The maximum atomic E-state index is 14.0. The van der Waals surface area contributed by atoms with E-state index in [1.165, 1.54) is 19.2 Å². The number of aliphatic hydroxyl groups is 1. The number of hydrogen-bond acceptors (Lipinski definition) is 6. The van der Waals surface area contributed by atoms with Crippen molar-refractivity contribution in [2.24, 2.45) is 0 Å². The molecule has 0 aliphatic heterocycles. The maximum Gasteiger partial charge on any atom is 0.416 e. The van der Waals surface area contributed by atoms with Crippen LogP contribution in [0.5, 0.6) is 11.6 Å². The molecule has 4 aromatic rings. The molecule has 14 heteroatoms. The number of nitrogens with one attached hydrogen (secondary N) is 1. The topological polar surface area (TPSA) is 97.2 Å². The van der Waals surface area contributed by atoms with Crippen LogP contribution in [0.1, 0.15) is 30.0 Å². The molecule has 38 heavy (non-hydrogen) atoms. The summed E-state index contributed by atoms with van der Waals surface area (Å²) in [6, 6.07) is 5.77. The smallest absolute Gasteiger partial charge is 0.416 e. The van der Waals surface area contributed by atoms with Crippen LogP contribution in [-0.2, 0) is 13.0 Å². The molecule has 3 heterocycles. The normalized spacial score (nSPS) is 12.9. The number of aliphatic hydroxyl groups excluding tert-OH is 1. The Morgan fingerprint density at radius 3 is 2.58 bits per heavy atom. The average Bonchev–Trinajstić information content (AvgIpc) is 3.19. The van der Waals surface area contributed by atoms with Crippen molar-refractivity contribution >= 4 is 33.2 Å². The summed E-state index contributed by atoms with van der Waals surface area (Å²) in [7, 11) is 0. The van der Waals surface area contributed by atoms with Crippen LogP contribution < -0.4 is 16.0 Å². The summed E-state index contributed by atoms with van der Waals surface area (Å²) in [6.45, 7) is 2.17. The van der Waals surface area contributed by atoms with Crippen LogP contribution in [0, 0.1) is 6.92 Å². The fourth-order valence-electron chi connectivity index (χ4n) is 3.82. The van der Waals surface area contributed by atoms with E-state index in [9.17, 15) is 36.6 Å². The first-order chi connectivity index (χ1) is 17.8. The van der Waals surface area contributed by atoms with Gasteiger partial charge in [0.05, 0.1) is 17.5 Å². The molecule has 0 fully saturated rings. The number of H-pyrrole nitrogens is 1. The van der Waals surface area contributed by atoms with Gasteiger partial charge in [0, 0.05) is 21.7 Å². The molecule has 4 rings (SSSR count). The first-order valence-electron chi connectivity index (χ1n) is 11.1. The van der Waals surface area contributed by atoms with Crippen LogP contribution in [0.4, 0.5) is 22.0 Å². The van der Waals surface area contributed by atoms with E-state index in [1.54, 1.807) is 12.1 Å². The highest BCUT2D eigenvalue weighted by atomic mass is 35.5. The third-order valence-corrected chi connectivity index (χ3v) is 7.52. The van der Waals surface area contributed by atoms with E-state index in [0.29, 0.717) is 16.0 Å². The third kappa shape index (κ3) is 5.31. The number of thiophene rings is 1. The van der Waals surface area contributed by atoms with Gasteiger partial charge in [0.1, 0.15) is 10.6 Å². The summed E-state index contributed by atoms with van der Waals surface area (Å²) >= 11 is 6.84. The molecule has 202 valence electrons. The summed E-state index contributed by atoms with van der Waals surface area (Å²) < 4.78 is 73.0. The van der Waals surface area contributed by atoms with E-state index in [2.05, 4.69) is 4.98 Å². The van der Waals surface area contributed by atoms with Crippen LogP contribution in [0.15, 0.2) is 40.1 Å². The first-order valence-corrected chi connectivity index (χ1v) is 12.3. The van der Waals surface area contributed by atoms with Gasteiger partial charge in [-0.05, 0) is 48.7 Å². The number of nitrogens with zero attached hydrogens (tertiary/aromatic N) is 2. The molecule has 0 saturated carbocycles. The lowest BCUT2D eigenvalue weighted by Gasteiger charge is -2.15. The van der Waals surface area contributed by atoms with Gasteiger partial charge < -0.3 is 9.84 Å². The van der Waals surface area contributed by atoms with E-state index in [4.69, 9.17) is 16.3 Å². The summed E-state index contributed by atoms with van der Waals surface area (Å²) in [5.41, 5.74) is -1.46. The number of pyridine rings is 1. The molecule has 0 bridgehead atoms. The van der Waals surface area contributed by atoms with Gasteiger partial charge >= 0.3 is 11.9 Å². The summed E-state index contributed by atoms with van der Waals surface area (Å²) in [5.74, 6) is -0.125. The Hall–Kier alpha value is -3.29. The van der Waals surface area contributed by atoms with E-state index in [-0.39, 0.29) is 37.9 Å². The standard InChI is InChI=1S/C24H19ClF5N3O4S/c1-3-11-6-13(4-5-15(11)25)37-21-14(19(26)27)7-12(8-31-21)18-10(2)17-20(35)32-23(36)33(22(17)38-18)9-16(34)24(28,29)30/h4-8,16,19,34H,3,9H2,1-2H3,(H,32,35,36)/t16-/m1/s1. The van der Waals surface area contributed by atoms with Crippen molar-refractivity contribution < 1.29 is 31.8 Å². The van der Waals surface area contributed by atoms with Crippen molar-refractivity contribution in [3.63, 3.8) is 0 Å². The number of ether oxygens (including phenoxy) is 1. The van der Waals surface area contributed by atoms with E-state index >= 15 is 0 Å². The van der Waals surface area contributed by atoms with Crippen LogP contribution in [0.25, 0.3) is 20.7 Å². The van der Waals surface area contributed by atoms with Crippen molar-refractivity contribution in [3.05, 3.63) is 73.0 Å². The minimum Gasteiger partial charge on any atom is -0.439 e. The zero-order valence-corrected chi connectivity index (χ0v) is 21.3. The molecule has 1 aromatic carbocycles. The molecule has 0 spiro atoms. The molecule has 1 atom stereocenters. The van der Waals surface area contributed by atoms with E-state index in [0.717, 1.165) is 23.0 Å². The Kier molecular flexibility index (Phi) is 7.64. The Labute approximate surface area is 220 Å². The highest BCUT2D eigenvalue weighted by Crippen LogP contribution is 2.40. The SMILES string of the molecule is CCc1cc(Oc2ncc(-c3sc4c(c3C)c(=O)[nH]c(=O)n4C[C@@H](O)C(F)(F)F)cc2C(F)F)ccc1Cl. The largest absolute Gasteiger partial charge is 0.439 e. The number of aromatic nitrogens is 3. The lowest BCUT2D eigenvalue weighted by atomic mass is 10.1. The summed E-state index contributed by atoms with van der Waals surface area (Å²) in [6.07, 6.45) is -9.08. The average molecular weight is 576 g/mol. The number of hydrogen-bond donors (Lipinski definition) is 2. The van der Waals surface area contributed by atoms with Crippen LogP contribution in [-0.4, -0.2) is 31.9 Å². The van der Waals surface area contributed by atoms with Crippen molar-refractivity contribution in [1.29, 1.82) is 0 Å². The molecular formula is C24H19ClF5N3O4S. The molecule has 0 radical (unpaired) electrons. The molecule has 3 aromatic heterocycles. The van der Waals surface area contributed by atoms with Crippen LogP contribution >= 0.6 is 22.9 Å². The molecular weight excluding hydrogens is 557 g/mol. The monoisotopic (exact) mass is 575 g/mol. The van der Waals surface area contributed by atoms with Crippen molar-refractivity contribution in [1.82, 2.24) is 14.5 Å². The van der Waals surface area contributed by atoms with Crippen LogP contribution in [0.2, 0.25) is 5.02 Å². The number of alkyl halides is 5. The highest BCUT2D eigenvalue weighted by molar-refractivity contribution is 7.22. The molecule has 0 aliphatic rings. The first kappa shape index (κ1) is 27.7. The van der Waals surface area contributed by atoms with Gasteiger partial charge in [-0.25, -0.2) is 18.6 Å². The van der Waals surface area contributed by atoms with Crippen molar-refractivity contribution in [2.75, 3.05) is 0 Å². The Bertz CT molecular complexity index is 1630. The van der Waals surface area contributed by atoms with Gasteiger partial charge in [0.15, 0.2) is 6.10 Å². The van der Waals surface area contributed by atoms with Gasteiger partial charge in [-0.1, -0.05) is 18.5 Å². The Morgan fingerprint density at radius 2 is 1.95 bits per heavy atom. The number of rotatable bonds is 7. The molecule has 7 nitrogen and oxygen atoms in total. The van der Waals surface area contributed by atoms with Crippen molar-refractivity contribution in [3.8, 4) is 22.1 Å². The second-order valence-electron chi connectivity index (χ2n) is 8.29. The molecule has 2 N–H and O–H groups in total. The lowest BCUT2D eigenvalue weighted by molar-refractivity contribution is -0.207. The van der Waals surface area contributed by atoms with E-state index < -0.39 is 42.1 Å². The minimum atomic E-state index is -5.01. The van der Waals surface area contributed by atoms with Crippen molar-refractivity contribution in [2.45, 2.75) is 45.5 Å². The number of benzene rings is 1. The molecule has 0 unspecified atom stereocenters. The second kappa shape index (κ2) is 10.5. The molecule has 0 aliphatic carbocycles. The fourth-order valence-corrected chi connectivity index (χ4v) is 5.37. The number of aryl methyl sites for hydroxylation is 2. The quantitative estimate of drug-likeness (QED) is 0.264. The van der Waals surface area contributed by atoms with E-state index in [1.807, 2.05) is 11.9 Å². The fraction of sp³-hybridized carbons (Fsp3) is 0.292.